The van der Waals surface area contributed by atoms with Gasteiger partial charge in [-0.05, 0) is 94.7 Å². The van der Waals surface area contributed by atoms with Crippen molar-refractivity contribution in [2.75, 3.05) is 9.71 Å². The lowest BCUT2D eigenvalue weighted by molar-refractivity contribution is 0.477. The highest BCUT2D eigenvalue weighted by Gasteiger charge is 2.54. The van der Waals surface area contributed by atoms with Crippen molar-refractivity contribution in [2.45, 2.75) is 26.5 Å². The number of hydrogen-bond acceptors (Lipinski definition) is 3. The molecule has 0 fully saturated rings. The summed E-state index contributed by atoms with van der Waals surface area (Å²) in [4.78, 5) is 10.9. The van der Waals surface area contributed by atoms with Crippen LogP contribution in [0.4, 0.5) is 28.4 Å². The van der Waals surface area contributed by atoms with E-state index in [1.54, 1.807) is 0 Å². The largest absolute Gasteiger partial charge is 0.453 e. The SMILES string of the molecule is Cc1cc2c3c(c1)N1c4ccccc4Oc4cccc(c41)B3N1c3ccccc3S3(c4ccccc4-c4ccccc43)c3cccc-2c31. The molecule has 0 atom stereocenters. The van der Waals surface area contributed by atoms with Gasteiger partial charge in [-0.3, -0.25) is 0 Å². The van der Waals surface area contributed by atoms with E-state index in [1.165, 1.54) is 75.4 Å². The van der Waals surface area contributed by atoms with Crippen LogP contribution in [0, 0.1) is 6.92 Å². The number of aryl methyl sites for hydroxylation is 1. The molecule has 5 aliphatic heterocycles. The van der Waals surface area contributed by atoms with Crippen molar-refractivity contribution in [3.05, 3.63) is 151 Å². The quantitative estimate of drug-likeness (QED) is 0.155. The second-order valence-corrected chi connectivity index (χ2v) is 16.3. The van der Waals surface area contributed by atoms with Gasteiger partial charge in [0, 0.05) is 36.5 Å². The predicted molar refractivity (Wildman–Crippen MR) is 198 cm³/mol. The van der Waals surface area contributed by atoms with Crippen LogP contribution in [0.1, 0.15) is 5.56 Å². The fourth-order valence-corrected chi connectivity index (χ4v) is 13.9. The number of ether oxygens (including phenoxy) is 1. The molecule has 0 saturated carbocycles. The molecule has 7 aromatic carbocycles. The Kier molecular flexibility index (Phi) is 4.57. The van der Waals surface area contributed by atoms with Crippen LogP contribution in [0.2, 0.25) is 0 Å². The number of benzene rings is 7. The number of para-hydroxylation sites is 5. The number of fused-ring (bicyclic) bond motifs is 15. The van der Waals surface area contributed by atoms with Gasteiger partial charge in [-0.2, -0.15) is 0 Å². The van der Waals surface area contributed by atoms with Gasteiger partial charge in [0.05, 0.1) is 17.1 Å². The van der Waals surface area contributed by atoms with E-state index in [4.69, 9.17) is 4.74 Å². The molecule has 0 bridgehead atoms. The molecule has 7 aromatic rings. The van der Waals surface area contributed by atoms with Crippen LogP contribution in [0.5, 0.6) is 11.5 Å². The summed E-state index contributed by atoms with van der Waals surface area (Å²) in [5.41, 5.74) is 15.4. The van der Waals surface area contributed by atoms with E-state index in [-0.39, 0.29) is 6.85 Å². The van der Waals surface area contributed by atoms with Crippen molar-refractivity contribution < 1.29 is 4.74 Å². The van der Waals surface area contributed by atoms with E-state index < -0.39 is 10.0 Å². The maximum atomic E-state index is 6.65. The highest BCUT2D eigenvalue weighted by Crippen LogP contribution is 2.84. The van der Waals surface area contributed by atoms with Crippen molar-refractivity contribution in [1.29, 1.82) is 0 Å². The average Bonchev–Trinajstić information content (AvgIpc) is 3.43. The molecule has 0 radical (unpaired) electrons. The summed E-state index contributed by atoms with van der Waals surface area (Å²) in [6, 6.07) is 54.6. The van der Waals surface area contributed by atoms with Crippen LogP contribution in [-0.2, 0) is 0 Å². The van der Waals surface area contributed by atoms with Crippen LogP contribution in [0.25, 0.3) is 22.3 Å². The maximum Gasteiger partial charge on any atom is 0.333 e. The van der Waals surface area contributed by atoms with Crippen molar-refractivity contribution in [1.82, 2.24) is 0 Å². The fourth-order valence-electron chi connectivity index (χ4n) is 9.36. The molecule has 5 heteroatoms. The molecule has 224 valence electrons. The lowest BCUT2D eigenvalue weighted by Crippen LogP contribution is -2.62. The topological polar surface area (TPSA) is 15.7 Å². The van der Waals surface area contributed by atoms with Gasteiger partial charge >= 0.3 is 6.85 Å². The zero-order valence-corrected chi connectivity index (χ0v) is 27.0. The van der Waals surface area contributed by atoms with E-state index >= 15 is 0 Å². The first-order valence-corrected chi connectivity index (χ1v) is 18.3. The van der Waals surface area contributed by atoms with Crippen molar-refractivity contribution in [2.24, 2.45) is 0 Å². The third kappa shape index (κ3) is 2.76. The van der Waals surface area contributed by atoms with Crippen LogP contribution >= 0.6 is 10.0 Å². The van der Waals surface area contributed by atoms with Crippen molar-refractivity contribution >= 4 is 56.2 Å². The molecule has 12 rings (SSSR count). The van der Waals surface area contributed by atoms with Gasteiger partial charge in [0.15, 0.2) is 11.5 Å². The van der Waals surface area contributed by atoms with Crippen LogP contribution in [0.15, 0.2) is 165 Å². The molecular formula is C43H27BN2OS. The zero-order valence-electron chi connectivity index (χ0n) is 26.1. The monoisotopic (exact) mass is 630 g/mol. The van der Waals surface area contributed by atoms with Gasteiger partial charge in [-0.1, -0.05) is 91.0 Å². The summed E-state index contributed by atoms with van der Waals surface area (Å²) < 4.78 is 6.65. The Morgan fingerprint density at radius 3 is 1.94 bits per heavy atom. The van der Waals surface area contributed by atoms with E-state index in [0.717, 1.165) is 22.9 Å². The van der Waals surface area contributed by atoms with Crippen molar-refractivity contribution in [3.8, 4) is 33.8 Å². The Hall–Kier alpha value is -5.65. The number of hydrogen-bond donors (Lipinski definition) is 0. The minimum Gasteiger partial charge on any atom is -0.453 e. The highest BCUT2D eigenvalue weighted by atomic mass is 32.3. The maximum absolute atomic E-state index is 6.65. The standard InChI is InChI=1S/C43H27BN2OS/c1-26-24-30-29-14-10-23-40-42(29)46(33-17-5-9-22-39(33)48(40)37-20-7-2-12-27(37)28-13-3-8-21-38(28)48)44-31-15-11-19-36-43(31)45(34(25-26)41(30)44)32-16-4-6-18-35(32)47-36/h2-25H,1H3. The third-order valence-corrected chi connectivity index (χ3v) is 15.0. The molecule has 48 heavy (non-hydrogen) atoms. The Balaban J connectivity index is 1.26. The first-order valence-electron chi connectivity index (χ1n) is 16.6. The number of rotatable bonds is 0. The molecule has 0 saturated heterocycles. The molecule has 1 spiro atoms. The summed E-state index contributed by atoms with van der Waals surface area (Å²) in [6.07, 6.45) is 0. The molecule has 5 aliphatic rings. The van der Waals surface area contributed by atoms with Gasteiger partial charge in [0.1, 0.15) is 0 Å². The first kappa shape index (κ1) is 25.4. The molecular weight excluding hydrogens is 603 g/mol. The predicted octanol–water partition coefficient (Wildman–Crippen LogP) is 10.4. The van der Waals surface area contributed by atoms with Gasteiger partial charge in [-0.25, -0.2) is 0 Å². The van der Waals surface area contributed by atoms with Crippen LogP contribution < -0.4 is 25.4 Å². The summed E-state index contributed by atoms with van der Waals surface area (Å²) in [6.45, 7) is 2.22. The first-order chi connectivity index (χ1) is 23.7. The summed E-state index contributed by atoms with van der Waals surface area (Å²) in [5, 5.41) is 0. The molecule has 0 unspecified atom stereocenters. The average molecular weight is 631 g/mol. The normalized spacial score (nSPS) is 16.1. The number of anilines is 5. The van der Waals surface area contributed by atoms with Gasteiger partial charge in [-0.15, -0.1) is 10.0 Å². The third-order valence-electron chi connectivity index (χ3n) is 11.0. The van der Waals surface area contributed by atoms with Gasteiger partial charge in [0.25, 0.3) is 0 Å². The van der Waals surface area contributed by atoms with Crippen LogP contribution in [-0.4, -0.2) is 6.85 Å². The highest BCUT2D eigenvalue weighted by molar-refractivity contribution is 8.34. The Morgan fingerprint density at radius 2 is 1.12 bits per heavy atom. The van der Waals surface area contributed by atoms with Gasteiger partial charge in [0.2, 0.25) is 0 Å². The van der Waals surface area contributed by atoms with Gasteiger partial charge < -0.3 is 14.4 Å². The molecule has 0 amide bonds. The second kappa shape index (κ2) is 8.63. The summed E-state index contributed by atoms with van der Waals surface area (Å²) in [7, 11) is -1.77. The minimum atomic E-state index is -1.77. The van der Waals surface area contributed by atoms with E-state index in [1.807, 2.05) is 0 Å². The van der Waals surface area contributed by atoms with E-state index in [9.17, 15) is 0 Å². The lowest BCUT2D eigenvalue weighted by Gasteiger charge is -2.54. The summed E-state index contributed by atoms with van der Waals surface area (Å²) >= 11 is 0. The Labute approximate surface area is 281 Å². The van der Waals surface area contributed by atoms with Crippen molar-refractivity contribution in [3.63, 3.8) is 0 Å². The molecule has 3 nitrogen and oxygen atoms in total. The Morgan fingerprint density at radius 1 is 0.500 bits per heavy atom. The lowest BCUT2D eigenvalue weighted by atomic mass is 9.43. The minimum absolute atomic E-state index is 0.0193. The Bertz CT molecular complexity index is 2570. The smallest absolute Gasteiger partial charge is 0.333 e. The fraction of sp³-hybridized carbons (Fsp3) is 0.0233. The molecule has 0 aliphatic carbocycles. The molecule has 5 heterocycles. The van der Waals surface area contributed by atoms with E-state index in [2.05, 4.69) is 162 Å². The molecule has 0 aromatic heterocycles. The second-order valence-electron chi connectivity index (χ2n) is 13.3. The van der Waals surface area contributed by atoms with Crippen LogP contribution in [0.3, 0.4) is 0 Å². The molecule has 0 N–H and O–H groups in total. The zero-order chi connectivity index (χ0) is 31.3. The number of nitrogens with zero attached hydrogens (tertiary/aromatic N) is 2. The summed E-state index contributed by atoms with van der Waals surface area (Å²) in [5.74, 6) is 1.80. The van der Waals surface area contributed by atoms with E-state index in [0.29, 0.717) is 0 Å².